The maximum atomic E-state index is 12.1. The molecule has 0 radical (unpaired) electrons. The van der Waals surface area contributed by atoms with Crippen molar-refractivity contribution in [2.45, 2.75) is 51.0 Å². The molecular formula is C13H18N2O4. The Morgan fingerprint density at radius 1 is 1.42 bits per heavy atom. The van der Waals surface area contributed by atoms with Crippen molar-refractivity contribution in [3.8, 4) is 0 Å². The van der Waals surface area contributed by atoms with Crippen LogP contribution in [0.4, 0.5) is 0 Å². The summed E-state index contributed by atoms with van der Waals surface area (Å²) in [5.74, 6) is -0.695. The highest BCUT2D eigenvalue weighted by molar-refractivity contribution is 5.93. The Bertz CT molecular complexity index is 475. The number of hydrogen-bond acceptors (Lipinski definition) is 4. The predicted molar refractivity (Wildman–Crippen MR) is 66.8 cm³/mol. The van der Waals surface area contributed by atoms with Gasteiger partial charge in [0, 0.05) is 6.07 Å². The SMILES string of the molecule is Cc1cc(C(=O)NC2(CC(=O)O)CCCCC2)no1. The molecule has 6 nitrogen and oxygen atoms in total. The van der Waals surface area contributed by atoms with E-state index in [0.717, 1.165) is 19.3 Å². The summed E-state index contributed by atoms with van der Waals surface area (Å²) in [6.45, 7) is 1.71. The third-order valence-corrected chi connectivity index (χ3v) is 3.54. The van der Waals surface area contributed by atoms with Crippen LogP contribution in [0.15, 0.2) is 10.6 Å². The van der Waals surface area contributed by atoms with Crippen LogP contribution in [0.1, 0.15) is 54.8 Å². The van der Waals surface area contributed by atoms with Gasteiger partial charge in [0.2, 0.25) is 0 Å². The van der Waals surface area contributed by atoms with E-state index in [1.54, 1.807) is 13.0 Å². The van der Waals surface area contributed by atoms with Crippen molar-refractivity contribution in [3.63, 3.8) is 0 Å². The van der Waals surface area contributed by atoms with Crippen LogP contribution in [-0.4, -0.2) is 27.7 Å². The van der Waals surface area contributed by atoms with Gasteiger partial charge in [-0.15, -0.1) is 0 Å². The first-order valence-corrected chi connectivity index (χ1v) is 6.48. The van der Waals surface area contributed by atoms with Gasteiger partial charge < -0.3 is 14.9 Å². The molecule has 2 rings (SSSR count). The first-order valence-electron chi connectivity index (χ1n) is 6.48. The number of carbonyl (C=O) groups excluding carboxylic acids is 1. The minimum absolute atomic E-state index is 0.0461. The number of rotatable bonds is 4. The zero-order valence-electron chi connectivity index (χ0n) is 10.9. The van der Waals surface area contributed by atoms with Gasteiger partial charge in [0.1, 0.15) is 5.76 Å². The fourth-order valence-corrected chi connectivity index (χ4v) is 2.64. The van der Waals surface area contributed by atoms with Gasteiger partial charge in [-0.25, -0.2) is 0 Å². The Kier molecular flexibility index (Phi) is 3.87. The van der Waals surface area contributed by atoms with Crippen LogP contribution in [0.25, 0.3) is 0 Å². The number of aromatic nitrogens is 1. The van der Waals surface area contributed by atoms with Gasteiger partial charge in [0.25, 0.3) is 5.91 Å². The maximum Gasteiger partial charge on any atom is 0.305 e. The van der Waals surface area contributed by atoms with Gasteiger partial charge in [-0.3, -0.25) is 9.59 Å². The summed E-state index contributed by atoms with van der Waals surface area (Å²) in [6.07, 6.45) is 4.30. The number of nitrogens with one attached hydrogen (secondary N) is 1. The van der Waals surface area contributed by atoms with Gasteiger partial charge in [0.15, 0.2) is 5.69 Å². The largest absolute Gasteiger partial charge is 0.481 e. The minimum atomic E-state index is -0.890. The lowest BCUT2D eigenvalue weighted by Gasteiger charge is -2.36. The summed E-state index contributed by atoms with van der Waals surface area (Å²) in [6, 6.07) is 1.55. The zero-order chi connectivity index (χ0) is 13.9. The quantitative estimate of drug-likeness (QED) is 0.868. The summed E-state index contributed by atoms with van der Waals surface area (Å²) in [5, 5.41) is 15.5. The number of carboxylic acid groups (broad SMARTS) is 1. The second kappa shape index (κ2) is 5.42. The van der Waals surface area contributed by atoms with E-state index < -0.39 is 11.5 Å². The van der Waals surface area contributed by atoms with Gasteiger partial charge in [-0.1, -0.05) is 24.4 Å². The summed E-state index contributed by atoms with van der Waals surface area (Å²) in [5.41, 5.74) is -0.443. The average Bonchev–Trinajstić information content (AvgIpc) is 2.76. The smallest absolute Gasteiger partial charge is 0.305 e. The van der Waals surface area contributed by atoms with Crippen molar-refractivity contribution < 1.29 is 19.2 Å². The molecule has 1 aliphatic carbocycles. The third kappa shape index (κ3) is 3.33. The molecule has 2 N–H and O–H groups in total. The molecule has 1 aromatic rings. The van der Waals surface area contributed by atoms with Crippen molar-refractivity contribution in [2.75, 3.05) is 0 Å². The second-order valence-corrected chi connectivity index (χ2v) is 5.19. The third-order valence-electron chi connectivity index (χ3n) is 3.54. The Morgan fingerprint density at radius 2 is 2.11 bits per heavy atom. The van der Waals surface area contributed by atoms with Gasteiger partial charge in [0.05, 0.1) is 12.0 Å². The zero-order valence-corrected chi connectivity index (χ0v) is 10.9. The van der Waals surface area contributed by atoms with Crippen molar-refractivity contribution in [1.82, 2.24) is 10.5 Å². The second-order valence-electron chi connectivity index (χ2n) is 5.19. The van der Waals surface area contributed by atoms with Crippen LogP contribution in [0.3, 0.4) is 0 Å². The normalized spacial score (nSPS) is 17.9. The summed E-state index contributed by atoms with van der Waals surface area (Å²) >= 11 is 0. The highest BCUT2D eigenvalue weighted by atomic mass is 16.5. The molecule has 0 spiro atoms. The highest BCUT2D eigenvalue weighted by Gasteiger charge is 2.36. The molecule has 0 aromatic carbocycles. The van der Waals surface area contributed by atoms with Crippen LogP contribution < -0.4 is 5.32 Å². The number of carboxylic acids is 1. The molecule has 1 amide bonds. The van der Waals surface area contributed by atoms with E-state index in [2.05, 4.69) is 10.5 Å². The topological polar surface area (TPSA) is 92.4 Å². The first kappa shape index (κ1) is 13.6. The highest BCUT2D eigenvalue weighted by Crippen LogP contribution is 2.31. The van der Waals surface area contributed by atoms with E-state index in [1.165, 1.54) is 0 Å². The molecular weight excluding hydrogens is 248 g/mol. The summed E-state index contributed by atoms with van der Waals surface area (Å²) in [4.78, 5) is 23.1. The fraction of sp³-hybridized carbons (Fsp3) is 0.615. The molecule has 1 saturated carbocycles. The number of hydrogen-bond donors (Lipinski definition) is 2. The monoisotopic (exact) mass is 266 g/mol. The maximum absolute atomic E-state index is 12.1. The molecule has 0 atom stereocenters. The van der Waals surface area contributed by atoms with E-state index in [1.807, 2.05) is 0 Å². The summed E-state index contributed by atoms with van der Waals surface area (Å²) < 4.78 is 4.86. The Labute approximate surface area is 111 Å². The molecule has 104 valence electrons. The Balaban J connectivity index is 2.11. The summed E-state index contributed by atoms with van der Waals surface area (Å²) in [7, 11) is 0. The Morgan fingerprint density at radius 3 is 2.63 bits per heavy atom. The van der Waals surface area contributed by atoms with Crippen LogP contribution in [-0.2, 0) is 4.79 Å². The van der Waals surface area contributed by atoms with Crippen LogP contribution in [0.5, 0.6) is 0 Å². The van der Waals surface area contributed by atoms with Crippen LogP contribution >= 0.6 is 0 Å². The molecule has 1 fully saturated rings. The molecule has 0 bridgehead atoms. The minimum Gasteiger partial charge on any atom is -0.481 e. The van der Waals surface area contributed by atoms with Crippen molar-refractivity contribution >= 4 is 11.9 Å². The van der Waals surface area contributed by atoms with E-state index in [0.29, 0.717) is 18.6 Å². The van der Waals surface area contributed by atoms with Crippen molar-refractivity contribution in [1.29, 1.82) is 0 Å². The van der Waals surface area contributed by atoms with Crippen molar-refractivity contribution in [3.05, 3.63) is 17.5 Å². The lowest BCUT2D eigenvalue weighted by Crippen LogP contribution is -2.51. The van der Waals surface area contributed by atoms with Crippen LogP contribution in [0.2, 0.25) is 0 Å². The lowest BCUT2D eigenvalue weighted by molar-refractivity contribution is -0.139. The number of aliphatic carboxylic acids is 1. The van der Waals surface area contributed by atoms with Gasteiger partial charge >= 0.3 is 5.97 Å². The number of carbonyl (C=O) groups is 2. The molecule has 0 unspecified atom stereocenters. The first-order chi connectivity index (χ1) is 9.01. The molecule has 1 aliphatic rings. The predicted octanol–water partition coefficient (Wildman–Crippen LogP) is 1.89. The molecule has 0 aliphatic heterocycles. The van der Waals surface area contributed by atoms with Gasteiger partial charge in [-0.05, 0) is 19.8 Å². The molecule has 1 heterocycles. The number of amides is 1. The number of nitrogens with zero attached hydrogens (tertiary/aromatic N) is 1. The van der Waals surface area contributed by atoms with E-state index in [-0.39, 0.29) is 18.0 Å². The standard InChI is InChI=1S/C13H18N2O4/c1-9-7-10(15-19-9)12(18)14-13(8-11(16)17)5-3-2-4-6-13/h7H,2-6,8H2,1H3,(H,14,18)(H,16,17). The van der Waals surface area contributed by atoms with E-state index in [9.17, 15) is 9.59 Å². The number of aryl methyl sites for hydroxylation is 1. The fourth-order valence-electron chi connectivity index (χ4n) is 2.64. The average molecular weight is 266 g/mol. The lowest BCUT2D eigenvalue weighted by atomic mass is 9.79. The molecule has 6 heteroatoms. The Hall–Kier alpha value is -1.85. The molecule has 19 heavy (non-hydrogen) atoms. The van der Waals surface area contributed by atoms with E-state index in [4.69, 9.17) is 9.63 Å². The van der Waals surface area contributed by atoms with Crippen molar-refractivity contribution in [2.24, 2.45) is 0 Å². The molecule has 1 aromatic heterocycles. The van der Waals surface area contributed by atoms with Gasteiger partial charge in [-0.2, -0.15) is 0 Å². The van der Waals surface area contributed by atoms with E-state index >= 15 is 0 Å². The van der Waals surface area contributed by atoms with Crippen LogP contribution in [0, 0.1) is 6.92 Å². The molecule has 0 saturated heterocycles.